The molecule has 1 amide bonds. The van der Waals surface area contributed by atoms with E-state index in [1.165, 1.54) is 5.69 Å². The summed E-state index contributed by atoms with van der Waals surface area (Å²) in [6, 6.07) is 10.4. The fourth-order valence-corrected chi connectivity index (χ4v) is 3.35. The number of carbonyl (C=O) groups is 1. The summed E-state index contributed by atoms with van der Waals surface area (Å²) in [5.41, 5.74) is 1.23. The van der Waals surface area contributed by atoms with Gasteiger partial charge in [-0.3, -0.25) is 9.79 Å². The van der Waals surface area contributed by atoms with E-state index in [-0.39, 0.29) is 29.9 Å². The number of nitrogens with zero attached hydrogens (tertiary/aromatic N) is 3. The predicted molar refractivity (Wildman–Crippen MR) is 140 cm³/mol. The zero-order chi connectivity index (χ0) is 21.4. The lowest BCUT2D eigenvalue weighted by Crippen LogP contribution is -2.49. The van der Waals surface area contributed by atoms with Crippen molar-refractivity contribution in [2.75, 3.05) is 63.9 Å². The Balaban J connectivity index is 0.00000480. The van der Waals surface area contributed by atoms with E-state index >= 15 is 0 Å². The summed E-state index contributed by atoms with van der Waals surface area (Å²) >= 11 is 0. The van der Waals surface area contributed by atoms with Gasteiger partial charge in [0.15, 0.2) is 5.96 Å². The van der Waals surface area contributed by atoms with E-state index < -0.39 is 0 Å². The van der Waals surface area contributed by atoms with Gasteiger partial charge in [-0.1, -0.05) is 31.5 Å². The number of unbranched alkanes of at least 4 members (excludes halogenated alkanes) is 1. The summed E-state index contributed by atoms with van der Waals surface area (Å²) in [6.45, 7) is 11.2. The molecule has 0 bridgehead atoms. The lowest BCUT2D eigenvalue weighted by Gasteiger charge is -2.36. The van der Waals surface area contributed by atoms with Gasteiger partial charge >= 0.3 is 0 Å². The van der Waals surface area contributed by atoms with Gasteiger partial charge in [0.2, 0.25) is 5.91 Å². The van der Waals surface area contributed by atoms with Crippen LogP contribution in [0.5, 0.6) is 0 Å². The van der Waals surface area contributed by atoms with Crippen LogP contribution in [0.3, 0.4) is 0 Å². The van der Waals surface area contributed by atoms with Crippen molar-refractivity contribution in [2.24, 2.45) is 4.99 Å². The molecule has 2 N–H and O–H groups in total. The molecule has 7 nitrogen and oxygen atoms in total. The second-order valence-electron chi connectivity index (χ2n) is 7.46. The number of ether oxygens (including phenoxy) is 1. The molecule has 0 atom stereocenters. The van der Waals surface area contributed by atoms with Crippen molar-refractivity contribution in [3.05, 3.63) is 30.3 Å². The number of guanidine groups is 1. The number of hydrogen-bond donors (Lipinski definition) is 2. The van der Waals surface area contributed by atoms with Crippen LogP contribution >= 0.6 is 24.0 Å². The zero-order valence-corrected chi connectivity index (χ0v) is 21.5. The number of halogens is 1. The fourth-order valence-electron chi connectivity index (χ4n) is 3.35. The Morgan fingerprint density at radius 3 is 2.42 bits per heavy atom. The summed E-state index contributed by atoms with van der Waals surface area (Å²) in [6.07, 6.45) is 3.66. The van der Waals surface area contributed by atoms with E-state index in [1.54, 1.807) is 0 Å². The highest BCUT2D eigenvalue weighted by atomic mass is 127. The highest BCUT2D eigenvalue weighted by Gasteiger charge is 2.20. The molecule has 1 fully saturated rings. The van der Waals surface area contributed by atoms with Crippen molar-refractivity contribution in [1.82, 2.24) is 15.5 Å². The molecule has 176 valence electrons. The lowest BCUT2D eigenvalue weighted by atomic mass is 10.2. The maximum atomic E-state index is 12.6. The standard InChI is InChI=1S/C23H39N5O2.HI/c1-3-5-19-30-20-9-13-25-23(24-4-2)26-14-12-22(29)28-17-15-27(16-18-28)21-10-7-6-8-11-21;/h6-8,10-11H,3-5,9,12-20H2,1-2H3,(H2,24,25,26);1H. The fraction of sp³-hybridized carbons (Fsp3) is 0.652. The number of aliphatic imine (C=N–C) groups is 1. The molecule has 8 heteroatoms. The van der Waals surface area contributed by atoms with Gasteiger partial charge in [0.05, 0.1) is 0 Å². The van der Waals surface area contributed by atoms with E-state index in [1.807, 2.05) is 17.9 Å². The van der Waals surface area contributed by atoms with Crippen LogP contribution < -0.4 is 15.5 Å². The number of hydrogen-bond acceptors (Lipinski definition) is 4. The number of para-hydroxylation sites is 1. The normalized spacial score (nSPS) is 14.2. The van der Waals surface area contributed by atoms with E-state index in [0.29, 0.717) is 13.0 Å². The molecule has 1 aliphatic rings. The van der Waals surface area contributed by atoms with Gasteiger partial charge in [-0.25, -0.2) is 0 Å². The molecule has 0 aromatic heterocycles. The first-order chi connectivity index (χ1) is 14.7. The number of nitrogens with one attached hydrogen (secondary N) is 2. The smallest absolute Gasteiger partial charge is 0.224 e. The van der Waals surface area contributed by atoms with Gasteiger partial charge in [-0.15, -0.1) is 24.0 Å². The minimum absolute atomic E-state index is 0. The molecular weight excluding hydrogens is 505 g/mol. The van der Waals surface area contributed by atoms with Crippen molar-refractivity contribution in [1.29, 1.82) is 0 Å². The van der Waals surface area contributed by atoms with Gasteiger partial charge in [0, 0.05) is 71.1 Å². The summed E-state index contributed by atoms with van der Waals surface area (Å²) in [4.78, 5) is 21.4. The van der Waals surface area contributed by atoms with Crippen molar-refractivity contribution >= 4 is 41.5 Å². The van der Waals surface area contributed by atoms with Gasteiger partial charge in [0.1, 0.15) is 0 Å². The quantitative estimate of drug-likeness (QED) is 0.183. The molecule has 1 heterocycles. The van der Waals surface area contributed by atoms with Crippen LogP contribution in [0.25, 0.3) is 0 Å². The SMILES string of the molecule is CCCCOCCCN=C(NCC)NCCC(=O)N1CCN(c2ccccc2)CC1.I. The summed E-state index contributed by atoms with van der Waals surface area (Å²) in [5.74, 6) is 0.975. The maximum absolute atomic E-state index is 12.6. The van der Waals surface area contributed by atoms with Gasteiger partial charge < -0.3 is 25.2 Å². The Morgan fingerprint density at radius 1 is 1.03 bits per heavy atom. The largest absolute Gasteiger partial charge is 0.381 e. The van der Waals surface area contributed by atoms with Crippen LogP contribution in [0.15, 0.2) is 35.3 Å². The number of carbonyl (C=O) groups excluding carboxylic acids is 1. The predicted octanol–water partition coefficient (Wildman–Crippen LogP) is 3.11. The first-order valence-electron chi connectivity index (χ1n) is 11.4. The van der Waals surface area contributed by atoms with Crippen molar-refractivity contribution in [3.8, 4) is 0 Å². The van der Waals surface area contributed by atoms with E-state index in [0.717, 1.165) is 77.7 Å². The third kappa shape index (κ3) is 11.0. The third-order valence-corrected chi connectivity index (χ3v) is 5.09. The Labute approximate surface area is 205 Å². The molecule has 1 aromatic rings. The first kappa shape index (κ1) is 27.5. The van der Waals surface area contributed by atoms with Gasteiger partial charge in [0.25, 0.3) is 0 Å². The van der Waals surface area contributed by atoms with Crippen LogP contribution in [-0.4, -0.2) is 75.8 Å². The minimum Gasteiger partial charge on any atom is -0.381 e. The second kappa shape index (κ2) is 17.1. The van der Waals surface area contributed by atoms with Crippen LogP contribution in [-0.2, 0) is 9.53 Å². The van der Waals surface area contributed by atoms with Crippen LogP contribution in [0.1, 0.15) is 39.5 Å². The average molecular weight is 546 g/mol. The van der Waals surface area contributed by atoms with Crippen molar-refractivity contribution < 1.29 is 9.53 Å². The monoisotopic (exact) mass is 545 g/mol. The molecule has 1 aromatic carbocycles. The average Bonchev–Trinajstić information content (AvgIpc) is 2.79. The van der Waals surface area contributed by atoms with Gasteiger partial charge in [-0.05, 0) is 31.9 Å². The highest BCUT2D eigenvalue weighted by molar-refractivity contribution is 14.0. The maximum Gasteiger partial charge on any atom is 0.224 e. The van der Waals surface area contributed by atoms with Crippen LogP contribution in [0, 0.1) is 0 Å². The number of benzene rings is 1. The summed E-state index contributed by atoms with van der Waals surface area (Å²) in [7, 11) is 0. The Kier molecular flexibility index (Phi) is 15.1. The second-order valence-corrected chi connectivity index (χ2v) is 7.46. The van der Waals surface area contributed by atoms with Crippen LogP contribution in [0.2, 0.25) is 0 Å². The molecular formula is C23H40IN5O2. The van der Waals surface area contributed by atoms with Crippen LogP contribution in [0.4, 0.5) is 5.69 Å². The number of rotatable bonds is 12. The van der Waals surface area contributed by atoms with E-state index in [9.17, 15) is 4.79 Å². The van der Waals surface area contributed by atoms with E-state index in [2.05, 4.69) is 51.7 Å². The summed E-state index contributed by atoms with van der Waals surface area (Å²) in [5, 5.41) is 6.51. The highest BCUT2D eigenvalue weighted by Crippen LogP contribution is 2.15. The van der Waals surface area contributed by atoms with Gasteiger partial charge in [-0.2, -0.15) is 0 Å². The Hall–Kier alpha value is -1.55. The molecule has 0 spiro atoms. The minimum atomic E-state index is 0. The number of anilines is 1. The Bertz CT molecular complexity index is 622. The van der Waals surface area contributed by atoms with Crippen molar-refractivity contribution in [2.45, 2.75) is 39.5 Å². The zero-order valence-electron chi connectivity index (χ0n) is 19.1. The molecule has 0 saturated carbocycles. The third-order valence-electron chi connectivity index (χ3n) is 5.09. The molecule has 0 radical (unpaired) electrons. The number of piperazine rings is 1. The van der Waals surface area contributed by atoms with E-state index in [4.69, 9.17) is 4.74 Å². The summed E-state index contributed by atoms with van der Waals surface area (Å²) < 4.78 is 5.57. The molecule has 0 aliphatic carbocycles. The molecule has 2 rings (SSSR count). The number of amides is 1. The lowest BCUT2D eigenvalue weighted by molar-refractivity contribution is -0.131. The Morgan fingerprint density at radius 2 is 1.74 bits per heavy atom. The molecule has 0 unspecified atom stereocenters. The van der Waals surface area contributed by atoms with Crippen molar-refractivity contribution in [3.63, 3.8) is 0 Å². The molecule has 1 saturated heterocycles. The molecule has 1 aliphatic heterocycles. The first-order valence-corrected chi connectivity index (χ1v) is 11.4. The topological polar surface area (TPSA) is 69.2 Å². The molecule has 31 heavy (non-hydrogen) atoms.